The van der Waals surface area contributed by atoms with Crippen molar-refractivity contribution in [2.75, 3.05) is 0 Å². The molecule has 2 aliphatic rings. The van der Waals surface area contributed by atoms with E-state index >= 15 is 0 Å². The van der Waals surface area contributed by atoms with Crippen molar-refractivity contribution in [2.24, 2.45) is 5.73 Å². The minimum absolute atomic E-state index is 0.0909. The summed E-state index contributed by atoms with van der Waals surface area (Å²) in [6.07, 6.45) is -0.248. The average molecular weight is 173 g/mol. The summed E-state index contributed by atoms with van der Waals surface area (Å²) in [6.45, 7) is 3.68. The quantitative estimate of drug-likeness (QED) is 0.523. The van der Waals surface area contributed by atoms with Gasteiger partial charge in [-0.2, -0.15) is 0 Å². The molecule has 1 aliphatic heterocycles. The first kappa shape index (κ1) is 8.44. The van der Waals surface area contributed by atoms with Gasteiger partial charge in [-0.05, 0) is 20.3 Å². The number of ether oxygens (including phenoxy) is 2. The number of hydrogen-bond donors (Lipinski definition) is 2. The third kappa shape index (κ3) is 1.15. The second kappa shape index (κ2) is 2.42. The van der Waals surface area contributed by atoms with E-state index in [0.717, 1.165) is 0 Å². The molecule has 4 heteroatoms. The van der Waals surface area contributed by atoms with Crippen LogP contribution < -0.4 is 5.73 Å². The summed E-state index contributed by atoms with van der Waals surface area (Å²) in [5.41, 5.74) is 5.77. The van der Waals surface area contributed by atoms with Crippen molar-refractivity contribution in [2.45, 2.75) is 50.4 Å². The van der Waals surface area contributed by atoms with Crippen LogP contribution in [0.2, 0.25) is 0 Å². The summed E-state index contributed by atoms with van der Waals surface area (Å²) >= 11 is 0. The number of rotatable bonds is 0. The molecule has 2 fully saturated rings. The molecule has 2 unspecified atom stereocenters. The van der Waals surface area contributed by atoms with Crippen molar-refractivity contribution >= 4 is 0 Å². The van der Waals surface area contributed by atoms with E-state index in [2.05, 4.69) is 0 Å². The lowest BCUT2D eigenvalue weighted by atomic mass is 10.2. The fourth-order valence-corrected chi connectivity index (χ4v) is 1.99. The molecule has 0 aromatic heterocycles. The highest BCUT2D eigenvalue weighted by molar-refractivity contribution is 5.00. The standard InChI is InChI=1S/C8H15NO3/c1-8(2)11-6-4(9)3-5(10)7(6)12-8/h4-7,10H,3,9H2,1-2H3/t4-,5+,6?,7?/m1/s1. The van der Waals surface area contributed by atoms with E-state index in [0.29, 0.717) is 6.42 Å². The Morgan fingerprint density at radius 3 is 2.50 bits per heavy atom. The van der Waals surface area contributed by atoms with Gasteiger partial charge in [-0.15, -0.1) is 0 Å². The van der Waals surface area contributed by atoms with E-state index in [1.807, 2.05) is 13.8 Å². The molecule has 3 N–H and O–H groups in total. The second-order valence-electron chi connectivity index (χ2n) is 4.03. The maximum atomic E-state index is 9.52. The van der Waals surface area contributed by atoms with Crippen LogP contribution in [-0.4, -0.2) is 35.2 Å². The van der Waals surface area contributed by atoms with Crippen LogP contribution in [0.4, 0.5) is 0 Å². The molecule has 2 rings (SSSR count). The molecule has 0 aromatic carbocycles. The zero-order chi connectivity index (χ0) is 8.93. The molecule has 1 saturated carbocycles. The van der Waals surface area contributed by atoms with Crippen molar-refractivity contribution in [3.63, 3.8) is 0 Å². The molecule has 1 saturated heterocycles. The van der Waals surface area contributed by atoms with Gasteiger partial charge in [-0.25, -0.2) is 0 Å². The van der Waals surface area contributed by atoms with Gasteiger partial charge in [0.1, 0.15) is 12.2 Å². The van der Waals surface area contributed by atoms with Crippen LogP contribution in [0.1, 0.15) is 20.3 Å². The first-order valence-electron chi connectivity index (χ1n) is 4.29. The Hall–Kier alpha value is -0.160. The molecule has 0 bridgehead atoms. The predicted octanol–water partition coefficient (Wildman–Crippen LogP) is -0.402. The fourth-order valence-electron chi connectivity index (χ4n) is 1.99. The smallest absolute Gasteiger partial charge is 0.163 e. The first-order chi connectivity index (χ1) is 5.49. The van der Waals surface area contributed by atoms with Gasteiger partial charge in [0.15, 0.2) is 5.79 Å². The van der Waals surface area contributed by atoms with Gasteiger partial charge in [0.2, 0.25) is 0 Å². The first-order valence-corrected chi connectivity index (χ1v) is 4.29. The highest BCUT2D eigenvalue weighted by atomic mass is 16.8. The fraction of sp³-hybridized carbons (Fsp3) is 1.00. The van der Waals surface area contributed by atoms with Crippen LogP contribution in [0.3, 0.4) is 0 Å². The van der Waals surface area contributed by atoms with Crippen molar-refractivity contribution in [3.8, 4) is 0 Å². The van der Waals surface area contributed by atoms with Gasteiger partial charge in [-0.3, -0.25) is 0 Å². The van der Waals surface area contributed by atoms with Gasteiger partial charge in [0, 0.05) is 6.04 Å². The van der Waals surface area contributed by atoms with Gasteiger partial charge < -0.3 is 20.3 Å². The molecule has 70 valence electrons. The summed E-state index contributed by atoms with van der Waals surface area (Å²) in [6, 6.07) is -0.0909. The maximum Gasteiger partial charge on any atom is 0.163 e. The topological polar surface area (TPSA) is 64.7 Å². The largest absolute Gasteiger partial charge is 0.390 e. The third-order valence-corrected chi connectivity index (χ3v) is 2.48. The van der Waals surface area contributed by atoms with Gasteiger partial charge >= 0.3 is 0 Å². The van der Waals surface area contributed by atoms with Gasteiger partial charge in [0.25, 0.3) is 0 Å². The molecule has 1 heterocycles. The molecule has 4 atom stereocenters. The highest BCUT2D eigenvalue weighted by Crippen LogP contribution is 2.37. The van der Waals surface area contributed by atoms with Crippen LogP contribution in [0.15, 0.2) is 0 Å². The maximum absolute atomic E-state index is 9.52. The number of fused-ring (bicyclic) bond motifs is 1. The molecule has 0 spiro atoms. The van der Waals surface area contributed by atoms with E-state index < -0.39 is 11.9 Å². The van der Waals surface area contributed by atoms with Crippen LogP contribution in [0.5, 0.6) is 0 Å². The lowest BCUT2D eigenvalue weighted by molar-refractivity contribution is -0.163. The van der Waals surface area contributed by atoms with E-state index in [1.165, 1.54) is 0 Å². The molecular formula is C8H15NO3. The van der Waals surface area contributed by atoms with E-state index in [-0.39, 0.29) is 18.2 Å². The summed E-state index contributed by atoms with van der Waals surface area (Å²) < 4.78 is 11.1. The zero-order valence-corrected chi connectivity index (χ0v) is 7.36. The Balaban J connectivity index is 2.15. The summed E-state index contributed by atoms with van der Waals surface area (Å²) in [5.74, 6) is -0.589. The number of nitrogens with two attached hydrogens (primary N) is 1. The molecule has 4 nitrogen and oxygen atoms in total. The Morgan fingerprint density at radius 2 is 1.92 bits per heavy atom. The SMILES string of the molecule is CC1(C)OC2C(O1)[C@@H](O)C[C@H]2N. The molecule has 1 aliphatic carbocycles. The predicted molar refractivity (Wildman–Crippen MR) is 42.4 cm³/mol. The lowest BCUT2D eigenvalue weighted by Crippen LogP contribution is -2.35. The molecular weight excluding hydrogens is 158 g/mol. The molecule has 0 radical (unpaired) electrons. The molecule has 0 aromatic rings. The summed E-state index contributed by atoms with van der Waals surface area (Å²) in [7, 11) is 0. The minimum Gasteiger partial charge on any atom is -0.390 e. The van der Waals surface area contributed by atoms with Crippen molar-refractivity contribution in [1.82, 2.24) is 0 Å². The molecule has 12 heavy (non-hydrogen) atoms. The normalized spacial score (nSPS) is 51.0. The Bertz CT molecular complexity index is 177. The Labute approximate surface area is 71.6 Å². The van der Waals surface area contributed by atoms with Crippen molar-refractivity contribution < 1.29 is 14.6 Å². The third-order valence-electron chi connectivity index (χ3n) is 2.48. The summed E-state index contributed by atoms with van der Waals surface area (Å²) in [5, 5.41) is 9.52. The zero-order valence-electron chi connectivity index (χ0n) is 7.36. The highest BCUT2D eigenvalue weighted by Gasteiger charge is 2.52. The van der Waals surface area contributed by atoms with E-state index in [9.17, 15) is 5.11 Å². The van der Waals surface area contributed by atoms with Gasteiger partial charge in [-0.1, -0.05) is 0 Å². The number of aliphatic hydroxyl groups excluding tert-OH is 1. The van der Waals surface area contributed by atoms with E-state index in [1.54, 1.807) is 0 Å². The number of hydrogen-bond acceptors (Lipinski definition) is 4. The average Bonchev–Trinajstić information content (AvgIpc) is 2.34. The monoisotopic (exact) mass is 173 g/mol. The van der Waals surface area contributed by atoms with Crippen LogP contribution >= 0.6 is 0 Å². The van der Waals surface area contributed by atoms with Crippen LogP contribution in [0.25, 0.3) is 0 Å². The van der Waals surface area contributed by atoms with Crippen LogP contribution in [0, 0.1) is 0 Å². The van der Waals surface area contributed by atoms with Crippen molar-refractivity contribution in [3.05, 3.63) is 0 Å². The lowest BCUT2D eigenvalue weighted by Gasteiger charge is -2.20. The van der Waals surface area contributed by atoms with Crippen LogP contribution in [-0.2, 0) is 9.47 Å². The molecule has 0 amide bonds. The minimum atomic E-state index is -0.589. The second-order valence-corrected chi connectivity index (χ2v) is 4.03. The summed E-state index contributed by atoms with van der Waals surface area (Å²) in [4.78, 5) is 0. The van der Waals surface area contributed by atoms with E-state index in [4.69, 9.17) is 15.2 Å². The Kier molecular flexibility index (Phi) is 1.70. The van der Waals surface area contributed by atoms with Gasteiger partial charge in [0.05, 0.1) is 6.10 Å². The van der Waals surface area contributed by atoms with Crippen molar-refractivity contribution in [1.29, 1.82) is 0 Å². The Morgan fingerprint density at radius 1 is 1.33 bits per heavy atom. The number of aliphatic hydroxyl groups is 1.